The molecule has 0 amide bonds. The molecule has 3 aliphatic heterocycles. The maximum atomic E-state index is 13.1. The Hall–Kier alpha value is -1.31. The predicted octanol–water partition coefficient (Wildman–Crippen LogP) is -6.70. The van der Waals surface area contributed by atoms with Gasteiger partial charge in [-0.2, -0.15) is 0 Å². The number of rotatable bonds is 13. The molecule has 0 aromatic heterocycles. The molecule has 282 valence electrons. The molecule has 0 unspecified atom stereocenters. The summed E-state index contributed by atoms with van der Waals surface area (Å²) in [5.41, 5.74) is 28.8. The van der Waals surface area contributed by atoms with Crippen molar-refractivity contribution < 1.29 is 63.9 Å². The number of carbonyl (C=O) groups excluding carboxylic acids is 1. The first-order valence-corrected chi connectivity index (χ1v) is 16.8. The number of nitrogens with one attached hydrogen (secondary N) is 1. The third-order valence-corrected chi connectivity index (χ3v) is 10.2. The molecule has 17 N–H and O–H groups in total. The molecular weight excluding hydrogens is 652 g/mol. The maximum Gasteiger partial charge on any atom is 0.187 e. The number of aliphatic hydroxyl groups is 6. The molecule has 19 nitrogen and oxygen atoms in total. The van der Waals surface area contributed by atoms with Crippen molar-refractivity contribution in [2.24, 2.45) is 34.6 Å². The normalized spacial score (nSPS) is 50.3. The van der Waals surface area contributed by atoms with Gasteiger partial charge < -0.3 is 93.0 Å². The summed E-state index contributed by atoms with van der Waals surface area (Å²) in [5, 5.41) is 67.6. The molecule has 2 aliphatic carbocycles. The average molecular weight is 707 g/mol. The van der Waals surface area contributed by atoms with Crippen molar-refractivity contribution in [3.8, 4) is 0 Å². The third kappa shape index (κ3) is 8.19. The Kier molecular flexibility index (Phi) is 12.8. The number of hydrogen-bond acceptors (Lipinski definition) is 19. The summed E-state index contributed by atoms with van der Waals surface area (Å²) < 4.78 is 35.9. The van der Waals surface area contributed by atoms with Gasteiger partial charge in [-0.05, 0) is 32.2 Å². The van der Waals surface area contributed by atoms with Gasteiger partial charge in [0.05, 0.1) is 30.9 Å². The van der Waals surface area contributed by atoms with E-state index >= 15 is 0 Å². The zero-order valence-corrected chi connectivity index (χ0v) is 27.4. The van der Waals surface area contributed by atoms with Crippen LogP contribution < -0.4 is 34.0 Å². The summed E-state index contributed by atoms with van der Waals surface area (Å²) in [4.78, 5) is 13.1. The summed E-state index contributed by atoms with van der Waals surface area (Å²) in [6, 6.07) is -3.10. The molecule has 0 aromatic rings. The quantitative estimate of drug-likeness (QED) is 0.0792. The van der Waals surface area contributed by atoms with Gasteiger partial charge in [-0.1, -0.05) is 12.2 Å². The van der Waals surface area contributed by atoms with Gasteiger partial charge in [0.1, 0.15) is 54.4 Å². The van der Waals surface area contributed by atoms with Crippen molar-refractivity contribution in [3.63, 3.8) is 0 Å². The first kappa shape index (κ1) is 38.9. The van der Waals surface area contributed by atoms with Gasteiger partial charge in [-0.3, -0.25) is 4.79 Å². The first-order valence-electron chi connectivity index (χ1n) is 16.8. The van der Waals surface area contributed by atoms with E-state index in [0.717, 1.165) is 0 Å². The van der Waals surface area contributed by atoms with Crippen molar-refractivity contribution >= 4 is 5.78 Å². The maximum absolute atomic E-state index is 13.1. The second-order valence-corrected chi connectivity index (χ2v) is 13.9. The highest BCUT2D eigenvalue weighted by molar-refractivity contribution is 5.88. The Morgan fingerprint density at radius 2 is 1.51 bits per heavy atom. The number of likely N-dealkylation sites (N-methyl/N-ethyl adjacent to an activating group) is 1. The molecule has 0 aromatic carbocycles. The minimum atomic E-state index is -1.62. The monoisotopic (exact) mass is 706 g/mol. The average Bonchev–Trinajstić information content (AvgIpc) is 3.35. The lowest BCUT2D eigenvalue weighted by molar-refractivity contribution is -0.286. The van der Waals surface area contributed by atoms with E-state index in [-0.39, 0.29) is 44.4 Å². The van der Waals surface area contributed by atoms with Crippen molar-refractivity contribution in [1.29, 1.82) is 0 Å². The van der Waals surface area contributed by atoms with Gasteiger partial charge in [0, 0.05) is 31.6 Å². The molecule has 0 bridgehead atoms. The summed E-state index contributed by atoms with van der Waals surface area (Å²) in [5.74, 6) is -1.28. The Morgan fingerprint density at radius 1 is 0.857 bits per heavy atom. The van der Waals surface area contributed by atoms with Crippen LogP contribution in [0.25, 0.3) is 0 Å². The van der Waals surface area contributed by atoms with Crippen LogP contribution in [0, 0.1) is 5.92 Å². The Morgan fingerprint density at radius 3 is 2.14 bits per heavy atom. The van der Waals surface area contributed by atoms with Crippen LogP contribution in [0.1, 0.15) is 25.7 Å². The van der Waals surface area contributed by atoms with Crippen LogP contribution >= 0.6 is 0 Å². The lowest BCUT2D eigenvalue weighted by atomic mass is 9.69. The van der Waals surface area contributed by atoms with Crippen molar-refractivity contribution in [1.82, 2.24) is 5.32 Å². The SMILES string of the molecule is CNC[C@@H]1C=C[C@@H](N)[C@@H](O[C@H]2[C@H](O[C@@H]3O[C@H](CO)[C@@H](O[C@H]4O[C@@H](CN)[C@@H](O)[C@H](O)[C@H]4N)[C@H]3O)[C@@H](O)[C@H](CC(=O)C3(O)CC(N)C3)C[C@@H]2N)O1. The fourth-order valence-corrected chi connectivity index (χ4v) is 7.29. The number of nitrogens with two attached hydrogens (primary N) is 5. The second-order valence-electron chi connectivity index (χ2n) is 13.9. The van der Waals surface area contributed by atoms with Crippen LogP contribution in [0.15, 0.2) is 12.2 Å². The molecule has 17 atom stereocenters. The number of Topliss-reactive ketones (excluding diaryl/α,β-unsaturated/α-hetero) is 1. The fraction of sp³-hybridized carbons (Fsp3) is 0.900. The van der Waals surface area contributed by atoms with E-state index in [0.29, 0.717) is 6.54 Å². The van der Waals surface area contributed by atoms with E-state index in [4.69, 9.17) is 57.1 Å². The summed E-state index contributed by atoms with van der Waals surface area (Å²) in [7, 11) is 1.76. The van der Waals surface area contributed by atoms with Crippen LogP contribution in [-0.2, 0) is 33.2 Å². The molecule has 2 saturated heterocycles. The number of ether oxygens (including phenoxy) is 6. The summed E-state index contributed by atoms with van der Waals surface area (Å²) in [6.07, 6.45) is -12.6. The zero-order chi connectivity index (χ0) is 35.8. The molecule has 49 heavy (non-hydrogen) atoms. The molecule has 2 saturated carbocycles. The zero-order valence-electron chi connectivity index (χ0n) is 27.4. The van der Waals surface area contributed by atoms with E-state index in [1.54, 1.807) is 19.2 Å². The van der Waals surface area contributed by atoms with Crippen molar-refractivity contribution in [2.75, 3.05) is 26.7 Å². The Bertz CT molecular complexity index is 1140. The fourth-order valence-electron chi connectivity index (χ4n) is 7.29. The second kappa shape index (κ2) is 16.1. The smallest absolute Gasteiger partial charge is 0.187 e. The van der Waals surface area contributed by atoms with E-state index in [1.165, 1.54) is 0 Å². The van der Waals surface area contributed by atoms with Crippen molar-refractivity contribution in [2.45, 2.75) is 135 Å². The molecule has 5 aliphatic rings. The number of carbonyl (C=O) groups is 1. The van der Waals surface area contributed by atoms with Crippen molar-refractivity contribution in [3.05, 3.63) is 12.2 Å². The van der Waals surface area contributed by atoms with Crippen LogP contribution in [0.2, 0.25) is 0 Å². The third-order valence-electron chi connectivity index (χ3n) is 10.2. The number of ketones is 1. The number of aliphatic hydroxyl groups excluding tert-OH is 5. The standard InChI is InChI=1S/C30H54N6O13/c1-36-9-13-2-3-14(33)27(44-13)47-24-15(34)4-11(5-18(38)30(43)6-12(32)7-30)20(39)26(24)49-29-23(42)25(17(10-37)46-29)48-28-19(35)22(41)21(40)16(8-31)45-28/h2-3,11-17,19-29,36-37,39-43H,4-10,31-35H2,1H3/t11-,12?,13-,14+,15-,16-,17+,19+,20-,21+,22+,23+,24+,25+,26+,27+,28+,29-,30?/m0/s1. The first-order chi connectivity index (χ1) is 23.2. The molecule has 0 spiro atoms. The molecule has 3 heterocycles. The predicted molar refractivity (Wildman–Crippen MR) is 168 cm³/mol. The topological polar surface area (TPSA) is 336 Å². The van der Waals surface area contributed by atoms with Gasteiger partial charge in [0.25, 0.3) is 0 Å². The van der Waals surface area contributed by atoms with Crippen LogP contribution in [0.5, 0.6) is 0 Å². The Balaban J connectivity index is 1.35. The molecule has 0 radical (unpaired) electrons. The van der Waals surface area contributed by atoms with Gasteiger partial charge in [0.15, 0.2) is 24.7 Å². The lowest BCUT2D eigenvalue weighted by Crippen LogP contribution is -2.64. The summed E-state index contributed by atoms with van der Waals surface area (Å²) in [6.45, 7) is -0.357. The van der Waals surface area contributed by atoms with E-state index in [2.05, 4.69) is 5.32 Å². The van der Waals surface area contributed by atoms with E-state index in [9.17, 15) is 35.4 Å². The number of hydrogen-bond donors (Lipinski definition) is 12. The highest BCUT2D eigenvalue weighted by Crippen LogP contribution is 2.39. The van der Waals surface area contributed by atoms with E-state index in [1.807, 2.05) is 0 Å². The van der Waals surface area contributed by atoms with Gasteiger partial charge >= 0.3 is 0 Å². The lowest BCUT2D eigenvalue weighted by Gasteiger charge is -2.47. The highest BCUT2D eigenvalue weighted by Gasteiger charge is 2.55. The Labute approximate surface area is 283 Å². The molecule has 4 fully saturated rings. The molecule has 19 heteroatoms. The van der Waals surface area contributed by atoms with Crippen LogP contribution in [0.4, 0.5) is 0 Å². The molecular formula is C30H54N6O13. The minimum Gasteiger partial charge on any atom is -0.394 e. The largest absolute Gasteiger partial charge is 0.394 e. The van der Waals surface area contributed by atoms with Gasteiger partial charge in [-0.25, -0.2) is 0 Å². The van der Waals surface area contributed by atoms with Crippen LogP contribution in [0.3, 0.4) is 0 Å². The summed E-state index contributed by atoms with van der Waals surface area (Å²) >= 11 is 0. The minimum absolute atomic E-state index is 0.101. The van der Waals surface area contributed by atoms with Crippen LogP contribution in [-0.4, -0.2) is 173 Å². The van der Waals surface area contributed by atoms with E-state index < -0.39 is 116 Å². The van der Waals surface area contributed by atoms with Gasteiger partial charge in [-0.15, -0.1) is 0 Å². The van der Waals surface area contributed by atoms with Gasteiger partial charge in [0.2, 0.25) is 0 Å². The highest BCUT2D eigenvalue weighted by atomic mass is 16.8. The molecule has 5 rings (SSSR count).